The van der Waals surface area contributed by atoms with Crippen LogP contribution in [0.1, 0.15) is 6.42 Å². The summed E-state index contributed by atoms with van der Waals surface area (Å²) in [6.07, 6.45) is 3.15. The smallest absolute Gasteiger partial charge is 0.150 e. The summed E-state index contributed by atoms with van der Waals surface area (Å²) in [5.41, 5.74) is 0. The Labute approximate surface area is 86.6 Å². The molecule has 1 aliphatic heterocycles. The fourth-order valence-electron chi connectivity index (χ4n) is 1.14. The molecule has 2 heterocycles. The van der Waals surface area contributed by atoms with E-state index >= 15 is 0 Å². The first-order valence-electron chi connectivity index (χ1n) is 3.72. The van der Waals surface area contributed by atoms with Gasteiger partial charge in [0.25, 0.3) is 0 Å². The molecule has 0 bridgehead atoms. The molecule has 1 atom stereocenters. The lowest BCUT2D eigenvalue weighted by Crippen LogP contribution is -2.09. The van der Waals surface area contributed by atoms with Gasteiger partial charge in [-0.2, -0.15) is 0 Å². The third kappa shape index (κ3) is 2.62. The number of thioether (sulfide) groups is 1. The lowest BCUT2D eigenvalue weighted by atomic mass is 10.4. The van der Waals surface area contributed by atoms with Gasteiger partial charge < -0.3 is 5.32 Å². The second-order valence-electron chi connectivity index (χ2n) is 2.53. The van der Waals surface area contributed by atoms with E-state index in [1.54, 1.807) is 11.3 Å². The quantitative estimate of drug-likeness (QED) is 0.829. The van der Waals surface area contributed by atoms with Gasteiger partial charge in [-0.3, -0.25) is 0 Å². The maximum Gasteiger partial charge on any atom is 0.150 e. The van der Waals surface area contributed by atoms with Gasteiger partial charge in [0, 0.05) is 23.4 Å². The highest BCUT2D eigenvalue weighted by atomic mass is 35.5. The third-order valence-corrected chi connectivity index (χ3v) is 3.88. The summed E-state index contributed by atoms with van der Waals surface area (Å²) in [4.78, 5) is 4.23. The number of nitrogens with one attached hydrogen (secondary N) is 1. The molecular weight excluding hydrogens is 212 g/mol. The summed E-state index contributed by atoms with van der Waals surface area (Å²) in [7, 11) is 0. The molecule has 1 aliphatic rings. The van der Waals surface area contributed by atoms with Crippen molar-refractivity contribution >= 4 is 35.5 Å². The Balaban J connectivity index is 0.000000720. The van der Waals surface area contributed by atoms with Gasteiger partial charge in [-0.05, 0) is 13.0 Å². The van der Waals surface area contributed by atoms with Crippen molar-refractivity contribution in [3.8, 4) is 0 Å². The summed E-state index contributed by atoms with van der Waals surface area (Å²) < 4.78 is 1.21. The molecule has 1 aromatic heterocycles. The van der Waals surface area contributed by atoms with Gasteiger partial charge in [-0.15, -0.1) is 23.7 Å². The normalized spacial score (nSPS) is 22.2. The molecule has 68 valence electrons. The van der Waals surface area contributed by atoms with Crippen molar-refractivity contribution < 1.29 is 0 Å². The molecule has 1 unspecified atom stereocenters. The minimum absolute atomic E-state index is 0. The van der Waals surface area contributed by atoms with Crippen LogP contribution in [0.5, 0.6) is 0 Å². The van der Waals surface area contributed by atoms with Crippen molar-refractivity contribution in [2.75, 3.05) is 13.1 Å². The zero-order chi connectivity index (χ0) is 7.52. The Hall–Kier alpha value is 0.230. The van der Waals surface area contributed by atoms with Crippen LogP contribution in [0.4, 0.5) is 0 Å². The van der Waals surface area contributed by atoms with Crippen LogP contribution in [-0.4, -0.2) is 23.3 Å². The van der Waals surface area contributed by atoms with E-state index in [4.69, 9.17) is 0 Å². The van der Waals surface area contributed by atoms with Crippen molar-refractivity contribution in [3.05, 3.63) is 11.6 Å². The highest BCUT2D eigenvalue weighted by Crippen LogP contribution is 2.27. The molecular formula is C7H11ClN2S2. The van der Waals surface area contributed by atoms with E-state index in [-0.39, 0.29) is 12.4 Å². The predicted octanol–water partition coefficient (Wildman–Crippen LogP) is 2.02. The molecule has 0 aliphatic carbocycles. The summed E-state index contributed by atoms with van der Waals surface area (Å²) >= 11 is 3.64. The molecule has 0 spiro atoms. The summed E-state index contributed by atoms with van der Waals surface area (Å²) in [6, 6.07) is 0. The van der Waals surface area contributed by atoms with Crippen LogP contribution in [0.2, 0.25) is 0 Å². The Morgan fingerprint density at radius 2 is 2.58 bits per heavy atom. The lowest BCUT2D eigenvalue weighted by Gasteiger charge is -2.02. The van der Waals surface area contributed by atoms with E-state index in [0.29, 0.717) is 0 Å². The summed E-state index contributed by atoms with van der Waals surface area (Å²) in [5, 5.41) is 6.12. The molecule has 0 saturated carbocycles. The average Bonchev–Trinajstić information content (AvgIpc) is 2.60. The molecule has 2 nitrogen and oxygen atoms in total. The fraction of sp³-hybridized carbons (Fsp3) is 0.571. The zero-order valence-corrected chi connectivity index (χ0v) is 8.97. The zero-order valence-electron chi connectivity index (χ0n) is 6.53. The molecule has 12 heavy (non-hydrogen) atoms. The van der Waals surface area contributed by atoms with Crippen LogP contribution in [0.3, 0.4) is 0 Å². The number of halogens is 1. The molecule has 1 N–H and O–H groups in total. The van der Waals surface area contributed by atoms with E-state index in [1.165, 1.54) is 17.3 Å². The minimum Gasteiger partial charge on any atom is -0.316 e. The molecule has 1 fully saturated rings. The molecule has 1 saturated heterocycles. The molecule has 2 rings (SSSR count). The maximum atomic E-state index is 4.23. The van der Waals surface area contributed by atoms with Crippen LogP contribution in [0, 0.1) is 0 Å². The molecule has 0 radical (unpaired) electrons. The summed E-state index contributed by atoms with van der Waals surface area (Å²) in [6.45, 7) is 2.31. The van der Waals surface area contributed by atoms with Crippen LogP contribution < -0.4 is 5.32 Å². The standard InChI is InChI=1S/C7H10N2S2.ClH/c1-2-8-5-6(1)11-7-9-3-4-10-7;/h3-4,6,8H,1-2,5H2;1H. The third-order valence-electron chi connectivity index (χ3n) is 1.69. The predicted molar refractivity (Wildman–Crippen MR) is 56.5 cm³/mol. The van der Waals surface area contributed by atoms with Crippen LogP contribution in [0.15, 0.2) is 15.9 Å². The SMILES string of the molecule is Cl.c1csc(SC2CCNC2)n1. The van der Waals surface area contributed by atoms with Crippen LogP contribution >= 0.6 is 35.5 Å². The topological polar surface area (TPSA) is 24.9 Å². The van der Waals surface area contributed by atoms with Crippen LogP contribution in [-0.2, 0) is 0 Å². The van der Waals surface area contributed by atoms with E-state index in [2.05, 4.69) is 10.3 Å². The van der Waals surface area contributed by atoms with Crippen LogP contribution in [0.25, 0.3) is 0 Å². The van der Waals surface area contributed by atoms with Gasteiger partial charge in [0.2, 0.25) is 0 Å². The number of rotatable bonds is 2. The largest absolute Gasteiger partial charge is 0.316 e. The monoisotopic (exact) mass is 222 g/mol. The summed E-state index contributed by atoms with van der Waals surface area (Å²) in [5.74, 6) is 0. The maximum absolute atomic E-state index is 4.23. The van der Waals surface area contributed by atoms with Crippen molar-refractivity contribution in [3.63, 3.8) is 0 Å². The van der Waals surface area contributed by atoms with Gasteiger partial charge in [0.15, 0.2) is 0 Å². The van der Waals surface area contributed by atoms with Gasteiger partial charge >= 0.3 is 0 Å². The molecule has 5 heteroatoms. The number of thiazole rings is 1. The molecule has 0 amide bonds. The number of nitrogens with zero attached hydrogens (tertiary/aromatic N) is 1. The Bertz CT molecular complexity index is 209. The highest BCUT2D eigenvalue weighted by molar-refractivity contribution is 8.01. The first-order chi connectivity index (χ1) is 5.45. The van der Waals surface area contributed by atoms with Crippen molar-refractivity contribution in [1.82, 2.24) is 10.3 Å². The number of hydrogen-bond donors (Lipinski definition) is 1. The number of aromatic nitrogens is 1. The number of hydrogen-bond acceptors (Lipinski definition) is 4. The van der Waals surface area contributed by atoms with E-state index in [0.717, 1.165) is 11.8 Å². The van der Waals surface area contributed by atoms with Gasteiger partial charge in [0.05, 0.1) is 0 Å². The highest BCUT2D eigenvalue weighted by Gasteiger charge is 2.16. The molecule has 1 aromatic rings. The Kier molecular flexibility index (Phi) is 4.35. The Morgan fingerprint density at radius 3 is 3.17 bits per heavy atom. The first-order valence-corrected chi connectivity index (χ1v) is 5.48. The van der Waals surface area contributed by atoms with Gasteiger partial charge in [-0.1, -0.05) is 11.8 Å². The second-order valence-corrected chi connectivity index (χ2v) is 4.97. The molecule has 0 aromatic carbocycles. The minimum atomic E-state index is 0. The average molecular weight is 223 g/mol. The van der Waals surface area contributed by atoms with E-state index in [1.807, 2.05) is 23.3 Å². The van der Waals surface area contributed by atoms with E-state index in [9.17, 15) is 0 Å². The lowest BCUT2D eigenvalue weighted by molar-refractivity contribution is 0.858. The first kappa shape index (κ1) is 10.3. The van der Waals surface area contributed by atoms with Crippen molar-refractivity contribution in [2.45, 2.75) is 16.0 Å². The Morgan fingerprint density at radius 1 is 1.67 bits per heavy atom. The fourth-order valence-corrected chi connectivity index (χ4v) is 3.14. The van der Waals surface area contributed by atoms with Gasteiger partial charge in [0.1, 0.15) is 4.34 Å². The van der Waals surface area contributed by atoms with E-state index < -0.39 is 0 Å². The van der Waals surface area contributed by atoms with Crippen molar-refractivity contribution in [1.29, 1.82) is 0 Å². The van der Waals surface area contributed by atoms with Crippen molar-refractivity contribution in [2.24, 2.45) is 0 Å². The second kappa shape index (κ2) is 5.07. The van der Waals surface area contributed by atoms with Gasteiger partial charge in [-0.25, -0.2) is 4.98 Å².